The Hall–Kier alpha value is -3.35. The van der Waals surface area contributed by atoms with Crippen molar-refractivity contribution in [1.82, 2.24) is 15.1 Å². The van der Waals surface area contributed by atoms with Crippen molar-refractivity contribution in [2.45, 2.75) is 12.5 Å². The monoisotopic (exact) mass is 379 g/mol. The number of carbonyl (C=O) groups excluding carboxylic acids is 1. The van der Waals surface area contributed by atoms with E-state index in [9.17, 15) is 4.79 Å². The number of hydrogen-bond donors (Lipinski definition) is 0. The Balaban J connectivity index is 1.29. The summed E-state index contributed by atoms with van der Waals surface area (Å²) in [5.74, 6) is 1.49. The second-order valence-corrected chi connectivity index (χ2v) is 6.58. The molecule has 7 heteroatoms. The molecule has 7 nitrogen and oxygen atoms in total. The first-order valence-electron chi connectivity index (χ1n) is 9.15. The summed E-state index contributed by atoms with van der Waals surface area (Å²) in [6, 6.07) is 17.3. The van der Waals surface area contributed by atoms with Gasteiger partial charge in [-0.1, -0.05) is 30.3 Å². The van der Waals surface area contributed by atoms with Gasteiger partial charge in [0.25, 0.3) is 5.91 Å². The number of aromatic nitrogens is 2. The Morgan fingerprint density at radius 2 is 1.86 bits per heavy atom. The predicted octanol–water partition coefficient (Wildman–Crippen LogP) is 2.70. The molecule has 1 aliphatic heterocycles. The van der Waals surface area contributed by atoms with Crippen LogP contribution in [0.2, 0.25) is 0 Å². The molecular formula is C21H21N3O4. The molecule has 4 rings (SSSR count). The first-order chi connectivity index (χ1) is 13.7. The molecule has 2 aromatic carbocycles. The summed E-state index contributed by atoms with van der Waals surface area (Å²) in [6.07, 6.45) is 0.641. The highest BCUT2D eigenvalue weighted by Gasteiger charge is 2.28. The minimum atomic E-state index is -0.104. The molecule has 28 heavy (non-hydrogen) atoms. The molecule has 1 amide bonds. The maximum absolute atomic E-state index is 12.5. The number of likely N-dealkylation sites (tertiary alicyclic amines) is 1. The Kier molecular flexibility index (Phi) is 5.23. The second-order valence-electron chi connectivity index (χ2n) is 6.58. The molecule has 1 aliphatic rings. The van der Waals surface area contributed by atoms with E-state index in [0.717, 1.165) is 17.2 Å². The van der Waals surface area contributed by atoms with Gasteiger partial charge in [-0.2, -0.15) is 0 Å². The molecule has 1 atom stereocenters. The van der Waals surface area contributed by atoms with Gasteiger partial charge in [-0.15, -0.1) is 10.2 Å². The van der Waals surface area contributed by atoms with Gasteiger partial charge >= 0.3 is 0 Å². The average Bonchev–Trinajstić information content (AvgIpc) is 3.21. The fraction of sp³-hybridized carbons (Fsp3) is 0.286. The molecule has 0 N–H and O–H groups in total. The van der Waals surface area contributed by atoms with E-state index in [0.29, 0.717) is 30.6 Å². The maximum atomic E-state index is 12.5. The summed E-state index contributed by atoms with van der Waals surface area (Å²) in [4.78, 5) is 14.2. The number of amides is 1. The Morgan fingerprint density at radius 1 is 1.07 bits per heavy atom. The van der Waals surface area contributed by atoms with E-state index in [1.807, 2.05) is 42.5 Å². The molecule has 0 aliphatic carbocycles. The summed E-state index contributed by atoms with van der Waals surface area (Å²) >= 11 is 0. The number of methoxy groups -OCH3 is 1. The van der Waals surface area contributed by atoms with Gasteiger partial charge in [0.2, 0.25) is 11.8 Å². The summed E-state index contributed by atoms with van der Waals surface area (Å²) in [7, 11) is 1.53. The van der Waals surface area contributed by atoms with Crippen molar-refractivity contribution in [3.05, 3.63) is 54.6 Å². The van der Waals surface area contributed by atoms with Gasteiger partial charge in [0, 0.05) is 25.1 Å². The Morgan fingerprint density at radius 3 is 2.64 bits per heavy atom. The Bertz CT molecular complexity index is 961. The zero-order valence-corrected chi connectivity index (χ0v) is 15.6. The number of rotatable bonds is 6. The lowest BCUT2D eigenvalue weighted by Crippen LogP contribution is -2.34. The minimum Gasteiger partial charge on any atom is -0.484 e. The van der Waals surface area contributed by atoms with Gasteiger partial charge in [-0.05, 0) is 22.9 Å². The van der Waals surface area contributed by atoms with Gasteiger partial charge < -0.3 is 19.1 Å². The van der Waals surface area contributed by atoms with Crippen LogP contribution in [0.4, 0.5) is 0 Å². The van der Waals surface area contributed by atoms with Crippen molar-refractivity contribution in [3.8, 4) is 17.5 Å². The van der Waals surface area contributed by atoms with E-state index < -0.39 is 0 Å². The number of nitrogens with zero attached hydrogens (tertiary/aromatic N) is 3. The number of fused-ring (bicyclic) bond motifs is 1. The third-order valence-corrected chi connectivity index (χ3v) is 4.69. The zero-order chi connectivity index (χ0) is 19.3. The van der Waals surface area contributed by atoms with Crippen LogP contribution in [-0.2, 0) is 4.79 Å². The van der Waals surface area contributed by atoms with E-state index in [1.54, 1.807) is 17.0 Å². The second kappa shape index (κ2) is 8.12. The zero-order valence-electron chi connectivity index (χ0n) is 15.6. The summed E-state index contributed by atoms with van der Waals surface area (Å²) in [5, 5.41) is 10.1. The fourth-order valence-corrected chi connectivity index (χ4v) is 3.19. The largest absolute Gasteiger partial charge is 0.484 e. The standard InChI is InChI=1S/C21H21N3O4/c1-26-19-8-9-20(23-22-19)28-18-10-11-24(13-18)21(25)14-27-17-7-6-15-4-2-3-5-16(15)12-17/h2-9,12,18H,10-11,13-14H2,1H3. The lowest BCUT2D eigenvalue weighted by atomic mass is 10.1. The van der Waals surface area contributed by atoms with Gasteiger partial charge in [0.15, 0.2) is 6.61 Å². The maximum Gasteiger partial charge on any atom is 0.260 e. The first-order valence-corrected chi connectivity index (χ1v) is 9.15. The van der Waals surface area contributed by atoms with Crippen LogP contribution >= 0.6 is 0 Å². The van der Waals surface area contributed by atoms with Crippen LogP contribution in [0.1, 0.15) is 6.42 Å². The van der Waals surface area contributed by atoms with Crippen LogP contribution in [0.3, 0.4) is 0 Å². The average molecular weight is 379 g/mol. The first kappa shape index (κ1) is 18.0. The van der Waals surface area contributed by atoms with Crippen molar-refractivity contribution >= 4 is 16.7 Å². The van der Waals surface area contributed by atoms with Crippen LogP contribution in [0.15, 0.2) is 54.6 Å². The molecule has 0 saturated carbocycles. The van der Waals surface area contributed by atoms with Crippen molar-refractivity contribution < 1.29 is 19.0 Å². The summed E-state index contributed by atoms with van der Waals surface area (Å²) < 4.78 is 16.5. The van der Waals surface area contributed by atoms with Gasteiger partial charge in [-0.25, -0.2) is 0 Å². The highest BCUT2D eigenvalue weighted by Crippen LogP contribution is 2.21. The molecule has 1 unspecified atom stereocenters. The lowest BCUT2D eigenvalue weighted by Gasteiger charge is -2.17. The highest BCUT2D eigenvalue weighted by atomic mass is 16.5. The fourth-order valence-electron chi connectivity index (χ4n) is 3.19. The van der Waals surface area contributed by atoms with E-state index >= 15 is 0 Å². The van der Waals surface area contributed by atoms with Gasteiger partial charge in [0.05, 0.1) is 13.7 Å². The number of ether oxygens (including phenoxy) is 3. The van der Waals surface area contributed by atoms with Crippen LogP contribution in [0.5, 0.6) is 17.5 Å². The van der Waals surface area contributed by atoms with Gasteiger partial charge in [-0.3, -0.25) is 4.79 Å². The van der Waals surface area contributed by atoms with Gasteiger partial charge in [0.1, 0.15) is 11.9 Å². The minimum absolute atomic E-state index is 0.00734. The molecule has 1 saturated heterocycles. The molecule has 3 aromatic rings. The molecular weight excluding hydrogens is 358 g/mol. The van der Waals surface area contributed by atoms with Crippen molar-refractivity contribution in [1.29, 1.82) is 0 Å². The van der Waals surface area contributed by atoms with E-state index in [-0.39, 0.29) is 18.6 Å². The number of hydrogen-bond acceptors (Lipinski definition) is 6. The molecule has 1 aromatic heterocycles. The normalized spacial score (nSPS) is 16.2. The van der Waals surface area contributed by atoms with Crippen molar-refractivity contribution in [2.24, 2.45) is 0 Å². The molecule has 2 heterocycles. The number of carbonyl (C=O) groups is 1. The highest BCUT2D eigenvalue weighted by molar-refractivity contribution is 5.84. The van der Waals surface area contributed by atoms with Crippen molar-refractivity contribution in [3.63, 3.8) is 0 Å². The van der Waals surface area contributed by atoms with Crippen LogP contribution in [-0.4, -0.2) is 53.9 Å². The molecule has 0 bridgehead atoms. The molecule has 0 spiro atoms. The third kappa shape index (κ3) is 4.14. The lowest BCUT2D eigenvalue weighted by molar-refractivity contribution is -0.132. The quantitative estimate of drug-likeness (QED) is 0.656. The third-order valence-electron chi connectivity index (χ3n) is 4.69. The van der Waals surface area contributed by atoms with Crippen LogP contribution in [0, 0.1) is 0 Å². The molecule has 1 fully saturated rings. The molecule has 144 valence electrons. The summed E-state index contributed by atoms with van der Waals surface area (Å²) in [5.41, 5.74) is 0. The topological polar surface area (TPSA) is 73.8 Å². The van der Waals surface area contributed by atoms with E-state index in [2.05, 4.69) is 10.2 Å². The van der Waals surface area contributed by atoms with Crippen molar-refractivity contribution in [2.75, 3.05) is 26.8 Å². The van der Waals surface area contributed by atoms with E-state index in [4.69, 9.17) is 14.2 Å². The van der Waals surface area contributed by atoms with E-state index in [1.165, 1.54) is 7.11 Å². The summed E-state index contributed by atoms with van der Waals surface area (Å²) in [6.45, 7) is 1.15. The smallest absolute Gasteiger partial charge is 0.260 e. The molecule has 0 radical (unpaired) electrons. The van der Waals surface area contributed by atoms with Crippen LogP contribution < -0.4 is 14.2 Å². The predicted molar refractivity (Wildman–Crippen MR) is 104 cm³/mol. The van der Waals surface area contributed by atoms with Crippen LogP contribution in [0.25, 0.3) is 10.8 Å². The SMILES string of the molecule is COc1ccc(OC2CCN(C(=O)COc3ccc4ccccc4c3)C2)nn1. The Labute approximate surface area is 162 Å². The number of benzene rings is 2.